The maximum atomic E-state index is 12.7. The van der Waals surface area contributed by atoms with Gasteiger partial charge >= 0.3 is 6.18 Å². The Labute approximate surface area is 153 Å². The summed E-state index contributed by atoms with van der Waals surface area (Å²) in [6, 6.07) is 5.72. The molecule has 10 heteroatoms. The molecular weight excluding hydrogens is 367 g/mol. The van der Waals surface area contributed by atoms with Gasteiger partial charge in [-0.1, -0.05) is 43.8 Å². The summed E-state index contributed by atoms with van der Waals surface area (Å²) in [7, 11) is 0. The van der Waals surface area contributed by atoms with E-state index in [2.05, 4.69) is 15.5 Å². The summed E-state index contributed by atoms with van der Waals surface area (Å²) < 4.78 is 38.5. The minimum atomic E-state index is -4.71. The summed E-state index contributed by atoms with van der Waals surface area (Å²) >= 11 is 0.807. The van der Waals surface area contributed by atoms with E-state index in [-0.39, 0.29) is 17.0 Å². The number of anilines is 1. The lowest BCUT2D eigenvalue weighted by atomic mass is 9.98. The Morgan fingerprint density at radius 1 is 1.27 bits per heavy atom. The summed E-state index contributed by atoms with van der Waals surface area (Å²) in [6.45, 7) is 7.47. The third-order valence-electron chi connectivity index (χ3n) is 3.74. The fraction of sp³-hybridized carbons (Fsp3) is 0.438. The Morgan fingerprint density at radius 2 is 1.92 bits per heavy atom. The number of carbonyl (C=O) groups excluding carboxylic acids is 1. The molecule has 0 saturated carbocycles. The van der Waals surface area contributed by atoms with Crippen LogP contribution in [0.5, 0.6) is 0 Å². The molecule has 0 aliphatic heterocycles. The highest BCUT2D eigenvalue weighted by molar-refractivity contribution is 8.00. The van der Waals surface area contributed by atoms with Gasteiger partial charge in [-0.05, 0) is 30.9 Å². The number of amides is 1. The number of nitrogens with zero attached hydrogens (tertiary/aromatic N) is 3. The number of halogens is 3. The summed E-state index contributed by atoms with van der Waals surface area (Å²) in [4.78, 5) is 12.5. The first-order valence-electron chi connectivity index (χ1n) is 7.87. The Bertz CT molecular complexity index is 804. The topological polar surface area (TPSA) is 85.8 Å². The van der Waals surface area contributed by atoms with Crippen molar-refractivity contribution in [3.8, 4) is 0 Å². The van der Waals surface area contributed by atoms with Gasteiger partial charge in [-0.2, -0.15) is 13.2 Å². The molecular formula is C16H20F3N5OS. The maximum Gasteiger partial charge on any atom is 0.453 e. The SMILES string of the molecule is Cc1cccc(C(C)C)c1NC(=O)[C@H](C)Sc1nnc(C(F)(F)F)n1N. The fourth-order valence-electron chi connectivity index (χ4n) is 2.33. The van der Waals surface area contributed by atoms with Crippen molar-refractivity contribution in [3.63, 3.8) is 0 Å². The predicted octanol–water partition coefficient (Wildman–Crippen LogP) is 3.56. The van der Waals surface area contributed by atoms with E-state index in [1.54, 1.807) is 6.92 Å². The van der Waals surface area contributed by atoms with Crippen molar-refractivity contribution in [1.82, 2.24) is 14.9 Å². The van der Waals surface area contributed by atoms with Crippen LogP contribution >= 0.6 is 11.8 Å². The monoisotopic (exact) mass is 387 g/mol. The van der Waals surface area contributed by atoms with Crippen LogP contribution in [0, 0.1) is 6.92 Å². The maximum absolute atomic E-state index is 12.7. The van der Waals surface area contributed by atoms with Gasteiger partial charge in [0.05, 0.1) is 5.25 Å². The lowest BCUT2D eigenvalue weighted by Gasteiger charge is -2.18. The largest absolute Gasteiger partial charge is 0.453 e. The molecule has 1 aromatic heterocycles. The summed E-state index contributed by atoms with van der Waals surface area (Å²) in [5, 5.41) is 8.42. The van der Waals surface area contributed by atoms with Gasteiger partial charge in [-0.25, -0.2) is 4.68 Å². The lowest BCUT2D eigenvalue weighted by molar-refractivity contribution is -0.146. The average molecular weight is 387 g/mol. The molecule has 0 aliphatic carbocycles. The summed E-state index contributed by atoms with van der Waals surface area (Å²) in [5.74, 6) is 3.93. The number of nitrogens with one attached hydrogen (secondary N) is 1. The number of aromatic nitrogens is 3. The number of hydrogen-bond acceptors (Lipinski definition) is 5. The highest BCUT2D eigenvalue weighted by atomic mass is 32.2. The fourth-order valence-corrected chi connectivity index (χ4v) is 3.10. The molecule has 3 N–H and O–H groups in total. The molecule has 0 fully saturated rings. The normalized spacial score (nSPS) is 13.1. The third-order valence-corrected chi connectivity index (χ3v) is 4.80. The molecule has 2 aromatic rings. The number of rotatable bonds is 5. The Morgan fingerprint density at radius 3 is 2.46 bits per heavy atom. The van der Waals surface area contributed by atoms with Crippen LogP contribution in [-0.2, 0) is 11.0 Å². The molecule has 6 nitrogen and oxygen atoms in total. The molecule has 0 spiro atoms. The zero-order valence-electron chi connectivity index (χ0n) is 14.8. The molecule has 0 unspecified atom stereocenters. The van der Waals surface area contributed by atoms with Crippen molar-refractivity contribution < 1.29 is 18.0 Å². The number of hydrogen-bond donors (Lipinski definition) is 2. The van der Waals surface area contributed by atoms with Crippen LogP contribution in [0.15, 0.2) is 23.4 Å². The number of aryl methyl sites for hydroxylation is 1. The number of nitrogens with two attached hydrogens (primary N) is 1. The number of thioether (sulfide) groups is 1. The van der Waals surface area contributed by atoms with Crippen molar-refractivity contribution >= 4 is 23.4 Å². The van der Waals surface area contributed by atoms with E-state index in [4.69, 9.17) is 5.84 Å². The second-order valence-electron chi connectivity index (χ2n) is 6.12. The Kier molecular flexibility index (Phi) is 5.84. The van der Waals surface area contributed by atoms with Crippen molar-refractivity contribution in [2.24, 2.45) is 0 Å². The highest BCUT2D eigenvalue weighted by Gasteiger charge is 2.38. The van der Waals surface area contributed by atoms with E-state index >= 15 is 0 Å². The van der Waals surface area contributed by atoms with E-state index in [9.17, 15) is 18.0 Å². The molecule has 1 atom stereocenters. The van der Waals surface area contributed by atoms with E-state index in [1.165, 1.54) is 0 Å². The van der Waals surface area contributed by atoms with Gasteiger partial charge in [-0.3, -0.25) is 4.79 Å². The number of nitrogen functional groups attached to an aromatic ring is 1. The summed E-state index contributed by atoms with van der Waals surface area (Å²) in [5.41, 5.74) is 2.60. The van der Waals surface area contributed by atoms with Crippen molar-refractivity contribution in [3.05, 3.63) is 35.2 Å². The standard InChI is InChI=1S/C16H20F3N5OS/c1-8(2)11-7-5-6-9(3)12(11)21-13(25)10(4)26-15-23-22-14(24(15)20)16(17,18)19/h5-8,10H,20H2,1-4H3,(H,21,25)/t10-/m0/s1. The van der Waals surface area contributed by atoms with E-state index in [0.29, 0.717) is 10.4 Å². The van der Waals surface area contributed by atoms with Gasteiger partial charge in [-0.15, -0.1) is 10.2 Å². The second-order valence-corrected chi connectivity index (χ2v) is 7.43. The number of carbonyl (C=O) groups is 1. The van der Waals surface area contributed by atoms with Gasteiger partial charge < -0.3 is 11.2 Å². The minimum absolute atomic E-state index is 0.186. The van der Waals surface area contributed by atoms with Crippen LogP contribution in [0.2, 0.25) is 0 Å². The molecule has 0 radical (unpaired) electrons. The van der Waals surface area contributed by atoms with E-state index < -0.39 is 17.3 Å². The van der Waals surface area contributed by atoms with Crippen LogP contribution in [0.1, 0.15) is 43.6 Å². The number of benzene rings is 1. The van der Waals surface area contributed by atoms with Crippen molar-refractivity contribution in [1.29, 1.82) is 0 Å². The van der Waals surface area contributed by atoms with Gasteiger partial charge in [0, 0.05) is 5.69 Å². The van der Waals surface area contributed by atoms with Gasteiger partial charge in [0.15, 0.2) is 0 Å². The van der Waals surface area contributed by atoms with Crippen LogP contribution in [-0.4, -0.2) is 26.0 Å². The Balaban J connectivity index is 2.16. The molecule has 0 saturated heterocycles. The quantitative estimate of drug-likeness (QED) is 0.605. The van der Waals surface area contributed by atoms with Crippen LogP contribution in [0.25, 0.3) is 0 Å². The Hall–Kier alpha value is -2.23. The first-order valence-corrected chi connectivity index (χ1v) is 8.75. The molecule has 1 amide bonds. The highest BCUT2D eigenvalue weighted by Crippen LogP contribution is 2.31. The number of alkyl halides is 3. The first kappa shape index (κ1) is 20.1. The summed E-state index contributed by atoms with van der Waals surface area (Å²) in [6.07, 6.45) is -4.71. The van der Waals surface area contributed by atoms with Crippen LogP contribution in [0.3, 0.4) is 0 Å². The molecule has 1 heterocycles. The molecule has 26 heavy (non-hydrogen) atoms. The molecule has 2 rings (SSSR count). The molecule has 1 aromatic carbocycles. The van der Waals surface area contributed by atoms with Crippen LogP contribution < -0.4 is 11.2 Å². The molecule has 0 bridgehead atoms. The zero-order valence-corrected chi connectivity index (χ0v) is 15.6. The number of para-hydroxylation sites is 1. The van der Waals surface area contributed by atoms with Gasteiger partial charge in [0.25, 0.3) is 5.82 Å². The van der Waals surface area contributed by atoms with Crippen molar-refractivity contribution in [2.75, 3.05) is 11.2 Å². The predicted molar refractivity (Wildman–Crippen MR) is 94.4 cm³/mol. The lowest BCUT2D eigenvalue weighted by Crippen LogP contribution is -2.26. The van der Waals surface area contributed by atoms with E-state index in [0.717, 1.165) is 22.9 Å². The van der Waals surface area contributed by atoms with Crippen molar-refractivity contribution in [2.45, 2.75) is 50.2 Å². The third kappa shape index (κ3) is 4.29. The minimum Gasteiger partial charge on any atom is -0.335 e. The molecule has 142 valence electrons. The van der Waals surface area contributed by atoms with Gasteiger partial charge in [0.2, 0.25) is 11.1 Å². The van der Waals surface area contributed by atoms with Gasteiger partial charge in [0.1, 0.15) is 0 Å². The second kappa shape index (κ2) is 7.56. The molecule has 0 aliphatic rings. The zero-order chi connectivity index (χ0) is 19.6. The average Bonchev–Trinajstić information content (AvgIpc) is 2.89. The smallest absolute Gasteiger partial charge is 0.335 e. The van der Waals surface area contributed by atoms with Crippen LogP contribution in [0.4, 0.5) is 18.9 Å². The van der Waals surface area contributed by atoms with E-state index in [1.807, 2.05) is 39.0 Å². The first-order chi connectivity index (χ1) is 12.0.